The van der Waals surface area contributed by atoms with Crippen LogP contribution in [-0.2, 0) is 6.42 Å². The van der Waals surface area contributed by atoms with Crippen molar-refractivity contribution in [3.63, 3.8) is 0 Å². The van der Waals surface area contributed by atoms with Crippen LogP contribution >= 0.6 is 0 Å². The Morgan fingerprint density at radius 3 is 2.20 bits per heavy atom. The van der Waals surface area contributed by atoms with Crippen LogP contribution in [0.5, 0.6) is 0 Å². The number of rotatable bonds is 2. The molecule has 0 atom stereocenters. The molecule has 1 aromatic carbocycles. The topological polar surface area (TPSA) is 40.5 Å². The zero-order valence-electron chi connectivity index (χ0n) is 9.91. The summed E-state index contributed by atoms with van der Waals surface area (Å²) in [6.07, 6.45) is 0.939. The Labute approximate surface area is 92.1 Å². The molecular formula is C12H19BO2. The lowest BCUT2D eigenvalue weighted by Crippen LogP contribution is -2.30. The molecule has 0 aromatic heterocycles. The molecule has 0 heterocycles. The highest BCUT2D eigenvalue weighted by molar-refractivity contribution is 6.58. The molecule has 0 aliphatic heterocycles. The molecule has 1 aromatic rings. The average Bonchev–Trinajstić information content (AvgIpc) is 1.99. The fourth-order valence-electron chi connectivity index (χ4n) is 1.76. The third-order valence-corrected chi connectivity index (χ3v) is 2.19. The Hall–Kier alpha value is -0.795. The van der Waals surface area contributed by atoms with Crippen LogP contribution in [-0.4, -0.2) is 17.2 Å². The lowest BCUT2D eigenvalue weighted by Gasteiger charge is -2.19. The number of benzene rings is 1. The van der Waals surface area contributed by atoms with Gasteiger partial charge in [-0.05, 0) is 29.8 Å². The van der Waals surface area contributed by atoms with Gasteiger partial charge in [-0.2, -0.15) is 0 Å². The predicted molar refractivity (Wildman–Crippen MR) is 64.2 cm³/mol. The van der Waals surface area contributed by atoms with E-state index in [4.69, 9.17) is 10.0 Å². The van der Waals surface area contributed by atoms with Crippen molar-refractivity contribution >= 4 is 12.6 Å². The van der Waals surface area contributed by atoms with Gasteiger partial charge in [-0.15, -0.1) is 0 Å². The van der Waals surface area contributed by atoms with E-state index in [-0.39, 0.29) is 5.41 Å². The zero-order valence-corrected chi connectivity index (χ0v) is 9.91. The highest BCUT2D eigenvalue weighted by Crippen LogP contribution is 2.20. The van der Waals surface area contributed by atoms with Gasteiger partial charge in [0.1, 0.15) is 0 Å². The van der Waals surface area contributed by atoms with Crippen LogP contribution in [0, 0.1) is 12.3 Å². The van der Waals surface area contributed by atoms with Crippen molar-refractivity contribution in [1.29, 1.82) is 0 Å². The zero-order chi connectivity index (χ0) is 11.6. The Bertz CT molecular complexity index is 340. The van der Waals surface area contributed by atoms with Crippen LogP contribution in [0.25, 0.3) is 0 Å². The van der Waals surface area contributed by atoms with Crippen LogP contribution < -0.4 is 5.46 Å². The Morgan fingerprint density at radius 1 is 1.13 bits per heavy atom. The Morgan fingerprint density at radius 2 is 1.73 bits per heavy atom. The van der Waals surface area contributed by atoms with E-state index in [2.05, 4.69) is 26.8 Å². The van der Waals surface area contributed by atoms with Gasteiger partial charge in [-0.1, -0.05) is 44.5 Å². The van der Waals surface area contributed by atoms with Gasteiger partial charge in [0.05, 0.1) is 0 Å². The predicted octanol–water partition coefficient (Wildman–Crippen LogP) is 1.26. The third-order valence-electron chi connectivity index (χ3n) is 2.19. The van der Waals surface area contributed by atoms with Crippen LogP contribution in [0.4, 0.5) is 0 Å². The molecule has 0 amide bonds. The van der Waals surface area contributed by atoms with Gasteiger partial charge in [0.15, 0.2) is 0 Å². The lowest BCUT2D eigenvalue weighted by atomic mass is 9.77. The Balaban J connectivity index is 2.99. The summed E-state index contributed by atoms with van der Waals surface area (Å²) < 4.78 is 0. The van der Waals surface area contributed by atoms with Crippen molar-refractivity contribution in [2.45, 2.75) is 34.1 Å². The highest BCUT2D eigenvalue weighted by Gasteiger charge is 2.15. The average molecular weight is 206 g/mol. The first kappa shape index (κ1) is 12.3. The molecule has 15 heavy (non-hydrogen) atoms. The van der Waals surface area contributed by atoms with Crippen molar-refractivity contribution in [3.05, 3.63) is 29.3 Å². The van der Waals surface area contributed by atoms with Gasteiger partial charge in [0.25, 0.3) is 0 Å². The van der Waals surface area contributed by atoms with Crippen LogP contribution in [0.3, 0.4) is 0 Å². The van der Waals surface area contributed by atoms with Gasteiger partial charge >= 0.3 is 7.12 Å². The molecule has 0 fully saturated rings. The van der Waals surface area contributed by atoms with E-state index in [0.717, 1.165) is 17.5 Å². The second-order valence-corrected chi connectivity index (χ2v) is 5.36. The lowest BCUT2D eigenvalue weighted by molar-refractivity contribution is 0.410. The number of hydrogen-bond acceptors (Lipinski definition) is 2. The summed E-state index contributed by atoms with van der Waals surface area (Å²) in [5, 5.41) is 18.3. The second kappa shape index (κ2) is 4.37. The third kappa shape index (κ3) is 4.06. The largest absolute Gasteiger partial charge is 0.488 e. The molecule has 0 aliphatic carbocycles. The minimum Gasteiger partial charge on any atom is -0.423 e. The quantitative estimate of drug-likeness (QED) is 0.715. The summed E-state index contributed by atoms with van der Waals surface area (Å²) in [6.45, 7) is 8.48. The number of aryl methyl sites for hydroxylation is 1. The van der Waals surface area contributed by atoms with E-state index in [9.17, 15) is 0 Å². The van der Waals surface area contributed by atoms with Crippen LogP contribution in [0.2, 0.25) is 0 Å². The molecule has 0 aliphatic rings. The van der Waals surface area contributed by atoms with Gasteiger partial charge in [0, 0.05) is 0 Å². The molecule has 3 heteroatoms. The van der Waals surface area contributed by atoms with Crippen molar-refractivity contribution in [3.8, 4) is 0 Å². The molecule has 0 unspecified atom stereocenters. The van der Waals surface area contributed by atoms with Crippen molar-refractivity contribution in [1.82, 2.24) is 0 Å². The first-order valence-corrected chi connectivity index (χ1v) is 5.24. The van der Waals surface area contributed by atoms with Crippen LogP contribution in [0.15, 0.2) is 18.2 Å². The summed E-state index contributed by atoms with van der Waals surface area (Å²) in [7, 11) is -1.37. The fourth-order valence-corrected chi connectivity index (χ4v) is 1.76. The van der Waals surface area contributed by atoms with Crippen molar-refractivity contribution in [2.75, 3.05) is 0 Å². The smallest absolute Gasteiger partial charge is 0.423 e. The Kier molecular flexibility index (Phi) is 3.58. The molecule has 2 N–H and O–H groups in total. The second-order valence-electron chi connectivity index (χ2n) is 5.36. The van der Waals surface area contributed by atoms with Gasteiger partial charge < -0.3 is 10.0 Å². The minimum atomic E-state index is -1.37. The molecule has 0 spiro atoms. The van der Waals surface area contributed by atoms with Crippen LogP contribution in [0.1, 0.15) is 31.9 Å². The summed E-state index contributed by atoms with van der Waals surface area (Å²) in [4.78, 5) is 0. The van der Waals surface area contributed by atoms with E-state index >= 15 is 0 Å². The first-order chi connectivity index (χ1) is 6.78. The maximum Gasteiger partial charge on any atom is 0.488 e. The van der Waals surface area contributed by atoms with E-state index in [1.54, 1.807) is 6.07 Å². The number of hydrogen-bond donors (Lipinski definition) is 2. The summed E-state index contributed by atoms with van der Waals surface area (Å²) in [5.41, 5.74) is 3.02. The molecule has 1 rings (SSSR count). The van der Waals surface area contributed by atoms with E-state index in [1.807, 2.05) is 13.0 Å². The summed E-state index contributed by atoms with van der Waals surface area (Å²) in [5.74, 6) is 0. The van der Waals surface area contributed by atoms with Crippen molar-refractivity contribution < 1.29 is 10.0 Å². The molecule has 0 bridgehead atoms. The standard InChI is InChI=1S/C12H19BO2/c1-9-5-10(8-12(2,3)4)7-11(6-9)13(14)15/h5-7,14-15H,8H2,1-4H3. The fraction of sp³-hybridized carbons (Fsp3) is 0.500. The molecule has 2 nitrogen and oxygen atoms in total. The summed E-state index contributed by atoms with van der Waals surface area (Å²) in [6, 6.07) is 5.76. The first-order valence-electron chi connectivity index (χ1n) is 5.24. The molecule has 0 radical (unpaired) electrons. The monoisotopic (exact) mass is 206 g/mol. The van der Waals surface area contributed by atoms with E-state index in [1.165, 1.54) is 0 Å². The minimum absolute atomic E-state index is 0.214. The molecule has 82 valence electrons. The normalized spacial score (nSPS) is 11.6. The SMILES string of the molecule is Cc1cc(CC(C)(C)C)cc(B(O)O)c1. The van der Waals surface area contributed by atoms with Gasteiger partial charge in [0.2, 0.25) is 0 Å². The molecule has 0 saturated carbocycles. The molecular weight excluding hydrogens is 187 g/mol. The van der Waals surface area contributed by atoms with Gasteiger partial charge in [-0.3, -0.25) is 0 Å². The molecule has 0 saturated heterocycles. The maximum absolute atomic E-state index is 9.13. The van der Waals surface area contributed by atoms with Gasteiger partial charge in [-0.25, -0.2) is 0 Å². The van der Waals surface area contributed by atoms with Crippen molar-refractivity contribution in [2.24, 2.45) is 5.41 Å². The highest BCUT2D eigenvalue weighted by atomic mass is 16.4. The van der Waals surface area contributed by atoms with E-state index < -0.39 is 7.12 Å². The maximum atomic E-state index is 9.13. The summed E-state index contributed by atoms with van der Waals surface area (Å²) >= 11 is 0. The van der Waals surface area contributed by atoms with E-state index in [0.29, 0.717) is 5.46 Å².